The highest BCUT2D eigenvalue weighted by Crippen LogP contribution is 2.32. The van der Waals surface area contributed by atoms with Gasteiger partial charge in [-0.2, -0.15) is 4.31 Å². The van der Waals surface area contributed by atoms with Crippen LogP contribution in [0.15, 0.2) is 52.3 Å². The van der Waals surface area contributed by atoms with E-state index in [1.165, 1.54) is 41.7 Å². The molecule has 1 unspecified atom stereocenters. The minimum Gasteiger partial charge on any atom is -0.495 e. The summed E-state index contributed by atoms with van der Waals surface area (Å²) in [7, 11) is -6.11. The first-order chi connectivity index (χ1) is 12.7. The van der Waals surface area contributed by atoms with E-state index in [0.29, 0.717) is 5.02 Å². The van der Waals surface area contributed by atoms with E-state index in [4.69, 9.17) is 16.3 Å². The van der Waals surface area contributed by atoms with E-state index >= 15 is 0 Å². The van der Waals surface area contributed by atoms with Gasteiger partial charge in [0.05, 0.1) is 17.3 Å². The summed E-state index contributed by atoms with van der Waals surface area (Å²) in [5.74, 6) is 0.240. The van der Waals surface area contributed by atoms with Crippen molar-refractivity contribution in [3.63, 3.8) is 0 Å². The fourth-order valence-electron chi connectivity index (χ4n) is 3.11. The number of hydrogen-bond acceptors (Lipinski definition) is 5. The SMILES string of the molecule is COc1ccc(C)cc1S(=O)(=O)N1CCC(S(=O)(=O)c2ccc(Cl)cc2)C1. The Labute approximate surface area is 164 Å². The van der Waals surface area contributed by atoms with Crippen LogP contribution in [0.5, 0.6) is 5.75 Å². The summed E-state index contributed by atoms with van der Waals surface area (Å²) in [5, 5.41) is -0.361. The van der Waals surface area contributed by atoms with Crippen LogP contribution >= 0.6 is 11.6 Å². The summed E-state index contributed by atoms with van der Waals surface area (Å²) >= 11 is 5.82. The average Bonchev–Trinajstić information content (AvgIpc) is 3.14. The number of halogens is 1. The molecule has 1 heterocycles. The molecular weight excluding hydrogens is 410 g/mol. The van der Waals surface area contributed by atoms with E-state index in [1.807, 2.05) is 0 Å². The van der Waals surface area contributed by atoms with Crippen LogP contribution < -0.4 is 4.74 Å². The number of sulfonamides is 1. The van der Waals surface area contributed by atoms with Crippen molar-refractivity contribution in [3.8, 4) is 5.75 Å². The van der Waals surface area contributed by atoms with Gasteiger partial charge in [0.15, 0.2) is 9.84 Å². The fourth-order valence-corrected chi connectivity index (χ4v) is 6.76. The number of rotatable bonds is 5. The number of nitrogens with zero attached hydrogens (tertiary/aromatic N) is 1. The van der Waals surface area contributed by atoms with Gasteiger partial charge < -0.3 is 4.74 Å². The first-order valence-electron chi connectivity index (χ1n) is 8.30. The molecule has 1 aliphatic heterocycles. The van der Waals surface area contributed by atoms with Crippen molar-refractivity contribution in [1.29, 1.82) is 0 Å². The van der Waals surface area contributed by atoms with Crippen LogP contribution in [0.25, 0.3) is 0 Å². The van der Waals surface area contributed by atoms with Crippen LogP contribution in [0.1, 0.15) is 12.0 Å². The van der Waals surface area contributed by atoms with Gasteiger partial charge in [-0.3, -0.25) is 0 Å². The van der Waals surface area contributed by atoms with Crippen LogP contribution in [0.4, 0.5) is 0 Å². The number of hydrogen-bond donors (Lipinski definition) is 0. The number of methoxy groups -OCH3 is 1. The van der Waals surface area contributed by atoms with Gasteiger partial charge >= 0.3 is 0 Å². The molecule has 1 aliphatic rings. The van der Waals surface area contributed by atoms with Gasteiger partial charge in [-0.15, -0.1) is 0 Å². The number of sulfone groups is 1. The van der Waals surface area contributed by atoms with E-state index in [2.05, 4.69) is 0 Å². The summed E-state index contributed by atoms with van der Waals surface area (Å²) in [6, 6.07) is 10.8. The third kappa shape index (κ3) is 3.85. The highest BCUT2D eigenvalue weighted by Gasteiger charge is 2.40. The Morgan fingerprint density at radius 1 is 1.07 bits per heavy atom. The molecule has 2 aromatic rings. The summed E-state index contributed by atoms with van der Waals surface area (Å²) in [6.07, 6.45) is 0.234. The van der Waals surface area contributed by atoms with Gasteiger partial charge in [-0.05, 0) is 55.3 Å². The molecular formula is C18H20ClNO5S2. The molecule has 146 valence electrons. The monoisotopic (exact) mass is 429 g/mol. The highest BCUT2D eigenvalue weighted by atomic mass is 35.5. The lowest BCUT2D eigenvalue weighted by molar-refractivity contribution is 0.398. The molecule has 0 amide bonds. The maximum absolute atomic E-state index is 13.1. The minimum absolute atomic E-state index is 0.0505. The molecule has 0 N–H and O–H groups in total. The van der Waals surface area contributed by atoms with Crippen molar-refractivity contribution < 1.29 is 21.6 Å². The quantitative estimate of drug-likeness (QED) is 0.730. The van der Waals surface area contributed by atoms with Crippen molar-refractivity contribution >= 4 is 31.5 Å². The predicted molar refractivity (Wildman–Crippen MR) is 104 cm³/mol. The van der Waals surface area contributed by atoms with E-state index in [1.54, 1.807) is 19.1 Å². The summed E-state index contributed by atoms with van der Waals surface area (Å²) < 4.78 is 58.2. The van der Waals surface area contributed by atoms with Crippen LogP contribution in [-0.4, -0.2) is 46.6 Å². The number of benzene rings is 2. The summed E-state index contributed by atoms with van der Waals surface area (Å²) in [4.78, 5) is 0.193. The van der Waals surface area contributed by atoms with Gasteiger partial charge in [-0.1, -0.05) is 17.7 Å². The highest BCUT2D eigenvalue weighted by molar-refractivity contribution is 7.92. The molecule has 27 heavy (non-hydrogen) atoms. The Kier molecular flexibility index (Phi) is 5.54. The zero-order chi connectivity index (χ0) is 19.8. The molecule has 1 atom stereocenters. The number of aryl methyl sites for hydroxylation is 1. The zero-order valence-electron chi connectivity index (χ0n) is 14.9. The third-order valence-corrected chi connectivity index (χ3v) is 8.96. The maximum Gasteiger partial charge on any atom is 0.246 e. The van der Waals surface area contributed by atoms with Crippen LogP contribution in [0.3, 0.4) is 0 Å². The lowest BCUT2D eigenvalue weighted by Crippen LogP contribution is -2.32. The van der Waals surface area contributed by atoms with E-state index in [0.717, 1.165) is 5.56 Å². The van der Waals surface area contributed by atoms with Crippen LogP contribution in [0.2, 0.25) is 5.02 Å². The first-order valence-corrected chi connectivity index (χ1v) is 11.7. The molecule has 0 bridgehead atoms. The second kappa shape index (κ2) is 7.43. The van der Waals surface area contributed by atoms with E-state index in [9.17, 15) is 16.8 Å². The second-order valence-corrected chi connectivity index (χ2v) is 11.0. The fraction of sp³-hybridized carbons (Fsp3) is 0.333. The molecule has 1 saturated heterocycles. The van der Waals surface area contributed by atoms with E-state index < -0.39 is 25.1 Å². The Hall–Kier alpha value is -1.61. The van der Waals surface area contributed by atoms with Gasteiger partial charge in [-0.25, -0.2) is 16.8 Å². The van der Waals surface area contributed by atoms with Crippen LogP contribution in [-0.2, 0) is 19.9 Å². The Bertz CT molecular complexity index is 1050. The molecule has 0 aromatic heterocycles. The molecule has 3 rings (SSSR count). The van der Waals surface area contributed by atoms with Gasteiger partial charge in [0.2, 0.25) is 10.0 Å². The van der Waals surface area contributed by atoms with E-state index in [-0.39, 0.29) is 35.1 Å². The molecule has 2 aromatic carbocycles. The third-order valence-electron chi connectivity index (χ3n) is 4.63. The average molecular weight is 430 g/mol. The maximum atomic E-state index is 13.1. The predicted octanol–water partition coefficient (Wildman–Crippen LogP) is 2.89. The molecule has 0 saturated carbocycles. The Balaban J connectivity index is 1.89. The largest absolute Gasteiger partial charge is 0.495 e. The summed E-state index contributed by atoms with van der Waals surface area (Å²) in [6.45, 7) is 1.83. The van der Waals surface area contributed by atoms with Gasteiger partial charge in [0.1, 0.15) is 10.6 Å². The Morgan fingerprint density at radius 3 is 2.37 bits per heavy atom. The molecule has 0 radical (unpaired) electrons. The topological polar surface area (TPSA) is 80.8 Å². The zero-order valence-corrected chi connectivity index (χ0v) is 17.3. The lowest BCUT2D eigenvalue weighted by atomic mass is 10.2. The smallest absolute Gasteiger partial charge is 0.246 e. The molecule has 0 aliphatic carbocycles. The van der Waals surface area contributed by atoms with Crippen LogP contribution in [0, 0.1) is 6.92 Å². The molecule has 9 heteroatoms. The molecule has 1 fully saturated rings. The molecule has 0 spiro atoms. The van der Waals surface area contributed by atoms with Crippen molar-refractivity contribution in [2.24, 2.45) is 0 Å². The first kappa shape index (κ1) is 20.1. The van der Waals surface area contributed by atoms with Gasteiger partial charge in [0.25, 0.3) is 0 Å². The van der Waals surface area contributed by atoms with Crippen molar-refractivity contribution in [2.45, 2.75) is 28.4 Å². The van der Waals surface area contributed by atoms with Crippen molar-refractivity contribution in [1.82, 2.24) is 4.31 Å². The van der Waals surface area contributed by atoms with Crippen molar-refractivity contribution in [2.75, 3.05) is 20.2 Å². The standard InChI is InChI=1S/C18H20ClNO5S2/c1-13-3-8-17(25-2)18(11-13)27(23,24)20-10-9-16(12-20)26(21,22)15-6-4-14(19)5-7-15/h3-8,11,16H,9-10,12H2,1-2H3. The van der Waals surface area contributed by atoms with Crippen molar-refractivity contribution in [3.05, 3.63) is 53.1 Å². The Morgan fingerprint density at radius 2 is 1.74 bits per heavy atom. The molecule has 6 nitrogen and oxygen atoms in total. The van der Waals surface area contributed by atoms with Gasteiger partial charge in [0, 0.05) is 18.1 Å². The number of ether oxygens (including phenoxy) is 1. The summed E-state index contributed by atoms with van der Waals surface area (Å²) in [5.41, 5.74) is 0.777. The minimum atomic E-state index is -3.86. The normalized spacial score (nSPS) is 18.6. The second-order valence-electron chi connectivity index (χ2n) is 6.43. The lowest BCUT2D eigenvalue weighted by Gasteiger charge is -2.19.